The van der Waals surface area contributed by atoms with Crippen LogP contribution in [0.15, 0.2) is 0 Å². The van der Waals surface area contributed by atoms with Gasteiger partial charge in [0.25, 0.3) is 0 Å². The summed E-state index contributed by atoms with van der Waals surface area (Å²) in [7, 11) is 0. The summed E-state index contributed by atoms with van der Waals surface area (Å²) in [6.07, 6.45) is 0. The molecule has 0 aliphatic rings. The van der Waals surface area contributed by atoms with E-state index in [1.165, 1.54) is 0 Å². The average molecular weight is 152 g/mol. The van der Waals surface area contributed by atoms with Crippen LogP contribution < -0.4 is 10.2 Å². The first-order valence-corrected chi connectivity index (χ1v) is 1.91. The molecular formula is C2O5Ti. The van der Waals surface area contributed by atoms with Crippen molar-refractivity contribution in [3.05, 3.63) is 0 Å². The minimum absolute atomic E-state index is 0.750. The number of hydrogen-bond acceptors (Lipinski definition) is 5. The summed E-state index contributed by atoms with van der Waals surface area (Å²) < 4.78 is 8.25. The molecule has 0 bridgehead atoms. The second-order valence-corrected chi connectivity index (χ2v) is 0.575. The van der Waals surface area contributed by atoms with E-state index in [0.717, 1.165) is 20.4 Å². The third kappa shape index (κ3) is 9.07. The number of rotatable bonds is 0. The van der Waals surface area contributed by atoms with Crippen LogP contribution in [0.5, 0.6) is 0 Å². The Labute approximate surface area is 56.0 Å². The second-order valence-electron chi connectivity index (χ2n) is 0.575. The Kier molecular flexibility index (Phi) is 8.42. The van der Waals surface area contributed by atoms with Crippen molar-refractivity contribution < 1.29 is 43.5 Å². The monoisotopic (exact) mass is 152 g/mol. The molecule has 42 valence electrons. The summed E-state index contributed by atoms with van der Waals surface area (Å²) in [6.45, 7) is 0. The van der Waals surface area contributed by atoms with Crippen LogP contribution in [0.1, 0.15) is 0 Å². The molecule has 0 aromatic carbocycles. The van der Waals surface area contributed by atoms with Gasteiger partial charge in [-0.1, -0.05) is 0 Å². The number of carbonyl (C=O) groups excluding carboxylic acids is 2. The first-order chi connectivity index (χ1) is 3.64. The van der Waals surface area contributed by atoms with Crippen LogP contribution in [0.2, 0.25) is 0 Å². The van der Waals surface area contributed by atoms with E-state index in [1.54, 1.807) is 0 Å². The number of aliphatic carboxylic acids is 2. The van der Waals surface area contributed by atoms with Gasteiger partial charge in [0, 0.05) is 0 Å². The Morgan fingerprint density at radius 2 is 1.12 bits per heavy atom. The summed E-state index contributed by atoms with van der Waals surface area (Å²) >= 11 is 0.750. The summed E-state index contributed by atoms with van der Waals surface area (Å²) in [5.41, 5.74) is 0. The Morgan fingerprint density at radius 3 is 1.12 bits per heavy atom. The Bertz CT molecular complexity index is 86.6. The maximum absolute atomic E-state index is 8.93. The molecule has 0 heterocycles. The Balaban J connectivity index is 0. The summed E-state index contributed by atoms with van der Waals surface area (Å²) in [5, 5.41) is 17.9. The van der Waals surface area contributed by atoms with Crippen molar-refractivity contribution in [1.82, 2.24) is 0 Å². The second kappa shape index (κ2) is 6.45. The third-order valence-electron chi connectivity index (χ3n) is 0.167. The van der Waals surface area contributed by atoms with Gasteiger partial charge in [0.05, 0.1) is 11.9 Å². The van der Waals surface area contributed by atoms with E-state index in [4.69, 9.17) is 23.1 Å². The van der Waals surface area contributed by atoms with Crippen LogP contribution >= 0.6 is 0 Å². The number of carbonyl (C=O) groups is 2. The topological polar surface area (TPSA) is 97.3 Å². The average Bonchev–Trinajstić information content (AvgIpc) is 1.72. The van der Waals surface area contributed by atoms with Gasteiger partial charge < -0.3 is 19.8 Å². The van der Waals surface area contributed by atoms with Crippen LogP contribution in [0, 0.1) is 0 Å². The molecule has 0 unspecified atom stereocenters. The van der Waals surface area contributed by atoms with E-state index < -0.39 is 11.9 Å². The molecule has 0 saturated carbocycles. The van der Waals surface area contributed by atoms with Gasteiger partial charge in [-0.15, -0.1) is 0 Å². The zero-order valence-corrected chi connectivity index (χ0v) is 5.10. The van der Waals surface area contributed by atoms with Gasteiger partial charge in [-0.2, -0.15) is 0 Å². The fourth-order valence-electron chi connectivity index (χ4n) is 0. The molecule has 0 aliphatic carbocycles. The molecule has 0 rings (SSSR count). The zero-order chi connectivity index (χ0) is 7.15. The Morgan fingerprint density at radius 1 is 1.00 bits per heavy atom. The van der Waals surface area contributed by atoms with Gasteiger partial charge in [-0.25, -0.2) is 0 Å². The predicted molar refractivity (Wildman–Crippen MR) is 10.7 cm³/mol. The first-order valence-electron chi connectivity index (χ1n) is 1.27. The molecule has 0 radical (unpaired) electrons. The van der Waals surface area contributed by atoms with Crippen LogP contribution in [0.25, 0.3) is 0 Å². The SMILES string of the molecule is O=C([O-])C(=O)[O-].[O]=[Ti+2]. The fourth-order valence-corrected chi connectivity index (χ4v) is 0. The molecule has 0 aromatic rings. The van der Waals surface area contributed by atoms with Gasteiger partial charge in [0.1, 0.15) is 0 Å². The standard InChI is InChI=1S/C2H2O4.O.Ti/c3-1(4)2(5)6;;/h(H,3,4)(H,5,6);;/q;;+2/p-2. The van der Waals surface area contributed by atoms with Crippen molar-refractivity contribution in [3.63, 3.8) is 0 Å². The fraction of sp³-hybridized carbons (Fsp3) is 0. The number of carboxylic acids is 2. The molecule has 0 atom stereocenters. The van der Waals surface area contributed by atoms with Gasteiger partial charge in [-0.3, -0.25) is 0 Å². The van der Waals surface area contributed by atoms with E-state index >= 15 is 0 Å². The molecule has 8 heavy (non-hydrogen) atoms. The molecule has 0 amide bonds. The number of hydrogen-bond donors (Lipinski definition) is 0. The normalized spacial score (nSPS) is 6.25. The van der Waals surface area contributed by atoms with E-state index in [2.05, 4.69) is 0 Å². The van der Waals surface area contributed by atoms with E-state index in [-0.39, 0.29) is 0 Å². The van der Waals surface area contributed by atoms with Crippen molar-refractivity contribution in [3.8, 4) is 0 Å². The molecule has 0 fully saturated rings. The molecule has 5 nitrogen and oxygen atoms in total. The molecule has 0 aromatic heterocycles. The van der Waals surface area contributed by atoms with Crippen molar-refractivity contribution in [2.75, 3.05) is 0 Å². The van der Waals surface area contributed by atoms with E-state index in [9.17, 15) is 0 Å². The van der Waals surface area contributed by atoms with Crippen molar-refractivity contribution in [1.29, 1.82) is 0 Å². The molecule has 0 N–H and O–H groups in total. The summed E-state index contributed by atoms with van der Waals surface area (Å²) in [4.78, 5) is 17.9. The van der Waals surface area contributed by atoms with Crippen molar-refractivity contribution in [2.45, 2.75) is 0 Å². The van der Waals surface area contributed by atoms with Gasteiger partial charge in [0.2, 0.25) is 0 Å². The van der Waals surface area contributed by atoms with Crippen molar-refractivity contribution in [2.24, 2.45) is 0 Å². The predicted octanol–water partition coefficient (Wildman–Crippen LogP) is -3.64. The summed E-state index contributed by atoms with van der Waals surface area (Å²) in [5.74, 6) is -4.37. The maximum atomic E-state index is 8.93. The van der Waals surface area contributed by atoms with Crippen molar-refractivity contribution >= 4 is 11.9 Å². The van der Waals surface area contributed by atoms with Gasteiger partial charge in [0.15, 0.2) is 0 Å². The van der Waals surface area contributed by atoms with E-state index in [1.807, 2.05) is 0 Å². The zero-order valence-electron chi connectivity index (χ0n) is 3.54. The van der Waals surface area contributed by atoms with Crippen LogP contribution in [0.4, 0.5) is 0 Å². The Hall–Kier alpha value is -0.546. The summed E-state index contributed by atoms with van der Waals surface area (Å²) in [6, 6.07) is 0. The quantitative estimate of drug-likeness (QED) is 0.263. The molecule has 0 spiro atoms. The third-order valence-corrected chi connectivity index (χ3v) is 0.167. The minimum atomic E-state index is -2.19. The molecular weight excluding hydrogens is 152 g/mol. The van der Waals surface area contributed by atoms with Crippen LogP contribution in [-0.2, 0) is 33.3 Å². The molecule has 0 aliphatic heterocycles. The van der Waals surface area contributed by atoms with Crippen LogP contribution in [-0.4, -0.2) is 11.9 Å². The number of carboxylic acid groups (broad SMARTS) is 2. The van der Waals surface area contributed by atoms with Crippen LogP contribution in [0.3, 0.4) is 0 Å². The molecule has 6 heteroatoms. The van der Waals surface area contributed by atoms with E-state index in [0.29, 0.717) is 0 Å². The van der Waals surface area contributed by atoms with Gasteiger partial charge in [-0.05, 0) is 0 Å². The molecule has 0 saturated heterocycles. The first kappa shape index (κ1) is 10.4. The van der Waals surface area contributed by atoms with Gasteiger partial charge >= 0.3 is 23.7 Å².